The second kappa shape index (κ2) is 10.8. The molecule has 1 aliphatic heterocycles. The Balaban J connectivity index is 1.80. The number of amides is 3. The molecule has 10 nitrogen and oxygen atoms in total. The SMILES string of the molecule is CC(C)(C)OC(=O)N(C(=O)OC(C)(C)C)c1cc(C[C@H]2C(=O)N[C@@H]2OC(=O)c2ccccc2Cl)ccn1. The lowest BCUT2D eigenvalue weighted by atomic mass is 9.91. The molecule has 2 atom stereocenters. The lowest BCUT2D eigenvalue weighted by molar-refractivity contribution is -0.147. The molecule has 1 saturated heterocycles. The quantitative estimate of drug-likeness (QED) is 0.329. The van der Waals surface area contributed by atoms with Gasteiger partial charge in [0.05, 0.1) is 16.5 Å². The summed E-state index contributed by atoms with van der Waals surface area (Å²) in [4.78, 5) is 55.5. The van der Waals surface area contributed by atoms with Gasteiger partial charge in [0.1, 0.15) is 17.0 Å². The van der Waals surface area contributed by atoms with Crippen molar-refractivity contribution in [1.29, 1.82) is 0 Å². The molecule has 0 unspecified atom stereocenters. The molecular weight excluding hydrogens is 502 g/mol. The maximum Gasteiger partial charge on any atom is 0.425 e. The number of carbonyl (C=O) groups is 4. The van der Waals surface area contributed by atoms with Crippen molar-refractivity contribution in [3.63, 3.8) is 0 Å². The van der Waals surface area contributed by atoms with Crippen molar-refractivity contribution in [2.24, 2.45) is 5.92 Å². The van der Waals surface area contributed by atoms with Crippen molar-refractivity contribution in [3.05, 3.63) is 58.7 Å². The van der Waals surface area contributed by atoms with E-state index in [4.69, 9.17) is 25.8 Å². The van der Waals surface area contributed by atoms with Crippen LogP contribution in [0.4, 0.5) is 15.4 Å². The number of rotatable bonds is 5. The van der Waals surface area contributed by atoms with Crippen LogP contribution in [-0.4, -0.2) is 46.5 Å². The van der Waals surface area contributed by atoms with Gasteiger partial charge in [0.2, 0.25) is 5.91 Å². The lowest BCUT2D eigenvalue weighted by Gasteiger charge is -2.36. The smallest absolute Gasteiger partial charge is 0.425 e. The Labute approximate surface area is 220 Å². The van der Waals surface area contributed by atoms with Gasteiger partial charge in [-0.15, -0.1) is 0 Å². The largest absolute Gasteiger partial charge is 0.443 e. The average Bonchev–Trinajstić information content (AvgIpc) is 2.75. The lowest BCUT2D eigenvalue weighted by Crippen LogP contribution is -2.60. The third-order valence-corrected chi connectivity index (χ3v) is 5.29. The first kappa shape index (κ1) is 27.9. The van der Waals surface area contributed by atoms with Gasteiger partial charge in [0.25, 0.3) is 0 Å². The summed E-state index contributed by atoms with van der Waals surface area (Å²) >= 11 is 6.06. The summed E-state index contributed by atoms with van der Waals surface area (Å²) in [6.45, 7) is 10.0. The molecule has 1 aliphatic rings. The van der Waals surface area contributed by atoms with Crippen molar-refractivity contribution in [2.45, 2.75) is 65.4 Å². The molecular formula is C26H30ClN3O7. The van der Waals surface area contributed by atoms with Crippen molar-refractivity contribution in [2.75, 3.05) is 4.90 Å². The van der Waals surface area contributed by atoms with Crippen molar-refractivity contribution in [3.8, 4) is 0 Å². The number of esters is 1. The molecule has 2 aromatic rings. The van der Waals surface area contributed by atoms with Crippen LogP contribution in [0.5, 0.6) is 0 Å². The second-order valence-corrected chi connectivity index (χ2v) is 10.9. The highest BCUT2D eigenvalue weighted by Crippen LogP contribution is 2.27. The number of aromatic nitrogens is 1. The van der Waals surface area contributed by atoms with Gasteiger partial charge in [-0.2, -0.15) is 4.90 Å². The van der Waals surface area contributed by atoms with Gasteiger partial charge in [-0.05, 0) is 77.8 Å². The van der Waals surface area contributed by atoms with Gasteiger partial charge in [0, 0.05) is 6.20 Å². The van der Waals surface area contributed by atoms with Gasteiger partial charge in [-0.25, -0.2) is 19.4 Å². The number of hydrogen-bond acceptors (Lipinski definition) is 8. The number of anilines is 1. The number of imide groups is 1. The van der Waals surface area contributed by atoms with E-state index in [1.54, 1.807) is 65.8 Å². The number of nitrogens with one attached hydrogen (secondary N) is 1. The molecule has 198 valence electrons. The van der Waals surface area contributed by atoms with E-state index in [9.17, 15) is 19.2 Å². The summed E-state index contributed by atoms with van der Waals surface area (Å²) in [5, 5.41) is 2.79. The minimum Gasteiger partial charge on any atom is -0.443 e. The minimum atomic E-state index is -0.959. The Bertz CT molecular complexity index is 1180. The fourth-order valence-corrected chi connectivity index (χ4v) is 3.56. The zero-order valence-electron chi connectivity index (χ0n) is 21.5. The van der Waals surface area contributed by atoms with Crippen LogP contribution in [0.1, 0.15) is 57.5 Å². The van der Waals surface area contributed by atoms with E-state index < -0.39 is 41.5 Å². The maximum absolute atomic E-state index is 12.9. The Morgan fingerprint density at radius 2 is 1.59 bits per heavy atom. The highest BCUT2D eigenvalue weighted by Gasteiger charge is 2.42. The number of pyridine rings is 1. The molecule has 1 aromatic carbocycles. The van der Waals surface area contributed by atoms with E-state index in [0.29, 0.717) is 10.5 Å². The number of carbonyl (C=O) groups excluding carboxylic acids is 4. The molecule has 0 aliphatic carbocycles. The topological polar surface area (TPSA) is 124 Å². The predicted octanol–water partition coefficient (Wildman–Crippen LogP) is 4.88. The molecule has 1 fully saturated rings. The average molecular weight is 532 g/mol. The van der Waals surface area contributed by atoms with Gasteiger partial charge < -0.3 is 19.5 Å². The van der Waals surface area contributed by atoms with Gasteiger partial charge in [-0.1, -0.05) is 23.7 Å². The van der Waals surface area contributed by atoms with Crippen molar-refractivity contribution >= 4 is 41.5 Å². The van der Waals surface area contributed by atoms with Crippen LogP contribution in [0.25, 0.3) is 0 Å². The molecule has 3 rings (SSSR count). The highest BCUT2D eigenvalue weighted by atomic mass is 35.5. The van der Waals surface area contributed by atoms with E-state index in [1.807, 2.05) is 0 Å². The molecule has 3 amide bonds. The van der Waals surface area contributed by atoms with Crippen LogP contribution in [0.15, 0.2) is 42.6 Å². The summed E-state index contributed by atoms with van der Waals surface area (Å²) in [5.41, 5.74) is -1.00. The highest BCUT2D eigenvalue weighted by molar-refractivity contribution is 6.33. The van der Waals surface area contributed by atoms with E-state index in [2.05, 4.69) is 10.3 Å². The number of β-lactam (4-membered cyclic amide) rings is 1. The predicted molar refractivity (Wildman–Crippen MR) is 135 cm³/mol. The third kappa shape index (κ3) is 7.42. The molecule has 0 spiro atoms. The second-order valence-electron chi connectivity index (χ2n) is 10.4. The van der Waals surface area contributed by atoms with Crippen LogP contribution in [0.3, 0.4) is 0 Å². The Morgan fingerprint density at radius 1 is 1.00 bits per heavy atom. The van der Waals surface area contributed by atoms with Crippen molar-refractivity contribution in [1.82, 2.24) is 10.3 Å². The fourth-order valence-electron chi connectivity index (χ4n) is 3.35. The van der Waals surface area contributed by atoms with Crippen LogP contribution in [0, 0.1) is 5.92 Å². The molecule has 1 aromatic heterocycles. The van der Waals surface area contributed by atoms with E-state index in [-0.39, 0.29) is 28.7 Å². The summed E-state index contributed by atoms with van der Waals surface area (Å²) in [6.07, 6.45) is -1.24. The summed E-state index contributed by atoms with van der Waals surface area (Å²) in [6, 6.07) is 9.54. The van der Waals surface area contributed by atoms with E-state index in [0.717, 1.165) is 0 Å². The van der Waals surface area contributed by atoms with Gasteiger partial charge in [-0.3, -0.25) is 4.79 Å². The number of nitrogens with zero attached hydrogens (tertiary/aromatic N) is 2. The monoisotopic (exact) mass is 531 g/mol. The summed E-state index contributed by atoms with van der Waals surface area (Å²) < 4.78 is 16.2. The number of halogens is 1. The van der Waals surface area contributed by atoms with Crippen molar-refractivity contribution < 1.29 is 33.4 Å². The summed E-state index contributed by atoms with van der Waals surface area (Å²) in [5.74, 6) is -1.72. The first-order chi connectivity index (χ1) is 17.1. The van der Waals surface area contributed by atoms with E-state index in [1.165, 1.54) is 18.3 Å². The molecule has 0 bridgehead atoms. The third-order valence-electron chi connectivity index (χ3n) is 4.96. The van der Waals surface area contributed by atoms with Crippen LogP contribution < -0.4 is 10.2 Å². The fraction of sp³-hybridized carbons (Fsp3) is 0.423. The normalized spacial score (nSPS) is 17.2. The zero-order valence-corrected chi connectivity index (χ0v) is 22.3. The van der Waals surface area contributed by atoms with Crippen LogP contribution in [0.2, 0.25) is 5.02 Å². The molecule has 11 heteroatoms. The van der Waals surface area contributed by atoms with Crippen LogP contribution >= 0.6 is 11.6 Å². The zero-order chi connectivity index (χ0) is 27.5. The number of benzene rings is 1. The standard InChI is InChI=1S/C26H30ClN3O7/c1-25(2,3)36-23(33)30(24(34)37-26(4,5)6)19-14-15(11-12-28-19)13-17-20(31)29-21(17)35-22(32)16-9-7-8-10-18(16)27/h7-12,14,17,21H,13H2,1-6H3,(H,29,31)/t17-,21+/m0/s1. The number of ether oxygens (including phenoxy) is 3. The van der Waals surface area contributed by atoms with Crippen LogP contribution in [-0.2, 0) is 25.4 Å². The molecule has 0 radical (unpaired) electrons. The molecule has 2 heterocycles. The minimum absolute atomic E-state index is 0.0367. The first-order valence-corrected chi connectivity index (χ1v) is 12.0. The molecule has 37 heavy (non-hydrogen) atoms. The Morgan fingerprint density at radius 3 is 2.14 bits per heavy atom. The Hall–Kier alpha value is -3.66. The Kier molecular flexibility index (Phi) is 8.12. The van der Waals surface area contributed by atoms with Gasteiger partial charge in [0.15, 0.2) is 6.23 Å². The first-order valence-electron chi connectivity index (χ1n) is 11.6. The van der Waals surface area contributed by atoms with Gasteiger partial charge >= 0.3 is 18.2 Å². The van der Waals surface area contributed by atoms with E-state index >= 15 is 0 Å². The number of hydrogen-bond donors (Lipinski definition) is 1. The molecule has 1 N–H and O–H groups in total. The summed E-state index contributed by atoms with van der Waals surface area (Å²) in [7, 11) is 0. The maximum atomic E-state index is 12.9. The molecule has 0 saturated carbocycles.